The van der Waals surface area contributed by atoms with E-state index in [0.717, 1.165) is 22.6 Å². The van der Waals surface area contributed by atoms with E-state index in [0.29, 0.717) is 52.6 Å². The Morgan fingerprint density at radius 2 is 1.70 bits per heavy atom. The van der Waals surface area contributed by atoms with Crippen LogP contribution in [0.1, 0.15) is 33.4 Å². The summed E-state index contributed by atoms with van der Waals surface area (Å²) in [6, 6.07) is 22.1. The van der Waals surface area contributed by atoms with Crippen molar-refractivity contribution in [2.24, 2.45) is 5.10 Å². The predicted octanol–water partition coefficient (Wildman–Crippen LogP) is 4.65. The molecule has 0 atom stereocenters. The lowest BCUT2D eigenvalue weighted by atomic mass is 10.1. The highest BCUT2D eigenvalue weighted by Gasteiger charge is 2.14. The quantitative estimate of drug-likeness (QED) is 0.139. The number of ether oxygens (including phenoxy) is 3. The van der Waals surface area contributed by atoms with Gasteiger partial charge >= 0.3 is 0 Å². The predicted molar refractivity (Wildman–Crippen MR) is 154 cm³/mol. The maximum atomic E-state index is 12.5. The first kappa shape index (κ1) is 28.2. The van der Waals surface area contributed by atoms with Crippen LogP contribution in [0, 0.1) is 6.92 Å². The van der Waals surface area contributed by atoms with Crippen molar-refractivity contribution in [1.29, 1.82) is 0 Å². The minimum atomic E-state index is -0.368. The van der Waals surface area contributed by atoms with E-state index in [1.807, 2.05) is 56.3 Å². The highest BCUT2D eigenvalue weighted by atomic mass is 32.1. The SMILES string of the molecule is CCOc1cc(/C=N\NC(=O)Cc2nnc(NC(=O)c3ccccc3C)s2)ccc1OCCOc1ccccc1. The minimum absolute atomic E-state index is 0.0305. The average molecular weight is 560 g/mol. The van der Waals surface area contributed by atoms with E-state index in [-0.39, 0.29) is 18.2 Å². The van der Waals surface area contributed by atoms with Gasteiger partial charge in [0.05, 0.1) is 19.2 Å². The molecule has 3 aromatic carbocycles. The molecule has 0 unspecified atom stereocenters. The summed E-state index contributed by atoms with van der Waals surface area (Å²) in [5, 5.41) is 15.4. The smallest absolute Gasteiger partial charge is 0.257 e. The van der Waals surface area contributed by atoms with Crippen LogP contribution < -0.4 is 25.0 Å². The van der Waals surface area contributed by atoms with E-state index in [9.17, 15) is 9.59 Å². The number of hydrogen-bond donors (Lipinski definition) is 2. The van der Waals surface area contributed by atoms with Crippen LogP contribution in [-0.4, -0.2) is 48.0 Å². The van der Waals surface area contributed by atoms with Gasteiger partial charge in [-0.05, 0) is 61.4 Å². The number of nitrogens with zero attached hydrogens (tertiary/aromatic N) is 3. The number of amides is 2. The van der Waals surface area contributed by atoms with Crippen molar-refractivity contribution in [3.8, 4) is 17.2 Å². The third kappa shape index (κ3) is 8.37. The molecule has 206 valence electrons. The first-order valence-electron chi connectivity index (χ1n) is 12.6. The highest BCUT2D eigenvalue weighted by Crippen LogP contribution is 2.28. The molecule has 2 amide bonds. The first-order valence-corrected chi connectivity index (χ1v) is 13.4. The number of rotatable bonds is 13. The Morgan fingerprint density at radius 1 is 0.925 bits per heavy atom. The molecule has 10 nitrogen and oxygen atoms in total. The third-order valence-corrected chi connectivity index (χ3v) is 6.25. The van der Waals surface area contributed by atoms with Gasteiger partial charge in [-0.3, -0.25) is 14.9 Å². The lowest BCUT2D eigenvalue weighted by molar-refractivity contribution is -0.120. The standard InChI is InChI=1S/C29H29N5O5S/c1-3-37-25-17-21(13-14-24(25)39-16-15-38-22-10-5-4-6-11-22)19-30-32-26(35)18-27-33-34-29(40-27)31-28(36)23-12-8-7-9-20(23)2/h4-14,17,19H,3,15-16,18H2,1-2H3,(H,32,35)(H,31,34,36)/b30-19-. The van der Waals surface area contributed by atoms with Gasteiger partial charge in [0.2, 0.25) is 11.0 Å². The summed E-state index contributed by atoms with van der Waals surface area (Å²) in [7, 11) is 0. The van der Waals surface area contributed by atoms with E-state index in [4.69, 9.17) is 14.2 Å². The molecule has 11 heteroatoms. The number of benzene rings is 3. The number of aromatic nitrogens is 2. The molecule has 1 aromatic heterocycles. The normalized spacial score (nSPS) is 10.8. The van der Waals surface area contributed by atoms with Crippen LogP contribution in [0.2, 0.25) is 0 Å². The van der Waals surface area contributed by atoms with Gasteiger partial charge in [0, 0.05) is 5.56 Å². The van der Waals surface area contributed by atoms with E-state index >= 15 is 0 Å². The Kier molecular flexibility index (Phi) is 10.2. The number of para-hydroxylation sites is 1. The summed E-state index contributed by atoms with van der Waals surface area (Å²) in [6.07, 6.45) is 1.48. The summed E-state index contributed by atoms with van der Waals surface area (Å²) in [4.78, 5) is 24.8. The largest absolute Gasteiger partial charge is 0.490 e. The van der Waals surface area contributed by atoms with Gasteiger partial charge < -0.3 is 14.2 Å². The van der Waals surface area contributed by atoms with Crippen LogP contribution >= 0.6 is 11.3 Å². The van der Waals surface area contributed by atoms with E-state index in [1.165, 1.54) is 6.21 Å². The number of aryl methyl sites for hydroxylation is 1. The molecular weight excluding hydrogens is 530 g/mol. The molecule has 0 saturated carbocycles. The molecule has 0 fully saturated rings. The van der Waals surface area contributed by atoms with Gasteiger partial charge in [0.15, 0.2) is 11.5 Å². The van der Waals surface area contributed by atoms with Crippen LogP contribution in [0.15, 0.2) is 77.9 Å². The zero-order valence-corrected chi connectivity index (χ0v) is 22.9. The molecule has 1 heterocycles. The zero-order valence-electron chi connectivity index (χ0n) is 22.1. The number of carbonyl (C=O) groups excluding carboxylic acids is 2. The second kappa shape index (κ2) is 14.4. The van der Waals surface area contributed by atoms with E-state index < -0.39 is 0 Å². The Labute approximate surface area is 236 Å². The number of hydrogen-bond acceptors (Lipinski definition) is 9. The highest BCUT2D eigenvalue weighted by molar-refractivity contribution is 7.15. The van der Waals surface area contributed by atoms with Crippen LogP contribution in [-0.2, 0) is 11.2 Å². The van der Waals surface area contributed by atoms with Crippen molar-refractivity contribution >= 4 is 34.5 Å². The number of anilines is 1. The molecule has 0 spiro atoms. The van der Waals surface area contributed by atoms with Crippen molar-refractivity contribution in [2.75, 3.05) is 25.1 Å². The Hall–Kier alpha value is -4.77. The van der Waals surface area contributed by atoms with Crippen LogP contribution in [0.3, 0.4) is 0 Å². The summed E-state index contributed by atoms with van der Waals surface area (Å²) >= 11 is 1.13. The molecule has 0 saturated heterocycles. The van der Waals surface area contributed by atoms with Crippen molar-refractivity contribution in [3.63, 3.8) is 0 Å². The van der Waals surface area contributed by atoms with Gasteiger partial charge in [0.25, 0.3) is 5.91 Å². The lowest BCUT2D eigenvalue weighted by Crippen LogP contribution is -2.19. The van der Waals surface area contributed by atoms with Crippen molar-refractivity contribution in [1.82, 2.24) is 15.6 Å². The molecule has 40 heavy (non-hydrogen) atoms. The maximum Gasteiger partial charge on any atom is 0.257 e. The topological polar surface area (TPSA) is 124 Å². The van der Waals surface area contributed by atoms with Crippen molar-refractivity contribution < 1.29 is 23.8 Å². The fraction of sp³-hybridized carbons (Fsp3) is 0.207. The molecular formula is C29H29N5O5S. The Bertz CT molecular complexity index is 1460. The first-order chi connectivity index (χ1) is 19.5. The fourth-order valence-corrected chi connectivity index (χ4v) is 4.28. The summed E-state index contributed by atoms with van der Waals surface area (Å²) in [5.41, 5.74) is 4.60. The minimum Gasteiger partial charge on any atom is -0.490 e. The number of nitrogens with one attached hydrogen (secondary N) is 2. The second-order valence-electron chi connectivity index (χ2n) is 8.39. The molecule has 0 bridgehead atoms. The summed E-state index contributed by atoms with van der Waals surface area (Å²) < 4.78 is 17.2. The second-order valence-corrected chi connectivity index (χ2v) is 9.45. The Morgan fingerprint density at radius 3 is 2.50 bits per heavy atom. The van der Waals surface area contributed by atoms with Gasteiger partial charge in [-0.2, -0.15) is 5.10 Å². The maximum absolute atomic E-state index is 12.5. The molecule has 0 radical (unpaired) electrons. The number of carbonyl (C=O) groups is 2. The molecule has 0 aliphatic rings. The Balaban J connectivity index is 1.25. The molecule has 4 rings (SSSR count). The monoisotopic (exact) mass is 559 g/mol. The molecule has 2 N–H and O–H groups in total. The zero-order chi connectivity index (χ0) is 28.2. The van der Waals surface area contributed by atoms with Crippen molar-refractivity contribution in [3.05, 3.63) is 94.5 Å². The molecule has 4 aromatic rings. The van der Waals surface area contributed by atoms with Gasteiger partial charge in [-0.15, -0.1) is 10.2 Å². The van der Waals surface area contributed by atoms with Crippen LogP contribution in [0.5, 0.6) is 17.2 Å². The van der Waals surface area contributed by atoms with Crippen LogP contribution in [0.25, 0.3) is 0 Å². The van der Waals surface area contributed by atoms with Crippen molar-refractivity contribution in [2.45, 2.75) is 20.3 Å². The van der Waals surface area contributed by atoms with E-state index in [1.54, 1.807) is 30.3 Å². The van der Waals surface area contributed by atoms with Gasteiger partial charge in [-0.1, -0.05) is 47.7 Å². The lowest BCUT2D eigenvalue weighted by Gasteiger charge is -2.13. The van der Waals surface area contributed by atoms with E-state index in [2.05, 4.69) is 26.0 Å². The third-order valence-electron chi connectivity index (χ3n) is 5.41. The fourth-order valence-electron chi connectivity index (χ4n) is 3.54. The summed E-state index contributed by atoms with van der Waals surface area (Å²) in [6.45, 7) is 4.94. The van der Waals surface area contributed by atoms with Gasteiger partial charge in [0.1, 0.15) is 24.0 Å². The summed E-state index contributed by atoms with van der Waals surface area (Å²) in [5.74, 6) is 1.28. The molecule has 0 aliphatic heterocycles. The van der Waals surface area contributed by atoms with Gasteiger partial charge in [-0.25, -0.2) is 5.43 Å². The number of hydrazone groups is 1. The van der Waals surface area contributed by atoms with Crippen LogP contribution in [0.4, 0.5) is 5.13 Å². The average Bonchev–Trinajstić information content (AvgIpc) is 3.39. The molecule has 0 aliphatic carbocycles.